The summed E-state index contributed by atoms with van der Waals surface area (Å²) in [7, 11) is 1.65. The summed E-state index contributed by atoms with van der Waals surface area (Å²) in [4.78, 5) is 37.5. The van der Waals surface area contributed by atoms with Crippen LogP contribution in [0.15, 0.2) is 82.0 Å². The Bertz CT molecular complexity index is 1340. The van der Waals surface area contributed by atoms with E-state index in [1.165, 1.54) is 9.47 Å². The van der Waals surface area contributed by atoms with Gasteiger partial charge in [0.1, 0.15) is 12.3 Å². The number of fused-ring (bicyclic) bond motifs is 1. The quantitative estimate of drug-likeness (QED) is 0.480. The first-order chi connectivity index (χ1) is 15.4. The smallest absolute Gasteiger partial charge is 0.420 e. The van der Waals surface area contributed by atoms with E-state index in [-0.39, 0.29) is 12.5 Å². The summed E-state index contributed by atoms with van der Waals surface area (Å²) in [5.74, 6) is -1.54. The number of ether oxygens (including phenoxy) is 1. The summed E-state index contributed by atoms with van der Waals surface area (Å²) in [6.07, 6.45) is 0. The lowest BCUT2D eigenvalue weighted by Gasteiger charge is -2.17. The molecule has 1 N–H and O–H groups in total. The number of oxazole rings is 1. The van der Waals surface area contributed by atoms with E-state index in [9.17, 15) is 14.4 Å². The van der Waals surface area contributed by atoms with Gasteiger partial charge in [-0.2, -0.15) is 0 Å². The molecule has 0 bridgehead atoms. The summed E-state index contributed by atoms with van der Waals surface area (Å²) >= 11 is 0. The van der Waals surface area contributed by atoms with E-state index >= 15 is 0 Å². The van der Waals surface area contributed by atoms with Crippen molar-refractivity contribution in [3.05, 3.63) is 83.3 Å². The van der Waals surface area contributed by atoms with E-state index in [2.05, 4.69) is 0 Å². The van der Waals surface area contributed by atoms with Gasteiger partial charge < -0.3 is 19.2 Å². The normalized spacial score (nSPS) is 10.8. The molecule has 0 spiro atoms. The second-order valence-corrected chi connectivity index (χ2v) is 7.14. The molecule has 32 heavy (non-hydrogen) atoms. The Hall–Kier alpha value is -4.33. The number of carboxylic acids is 1. The van der Waals surface area contributed by atoms with Crippen LogP contribution in [0.4, 0.5) is 5.69 Å². The second-order valence-electron chi connectivity index (χ2n) is 7.14. The molecule has 4 rings (SSSR count). The summed E-state index contributed by atoms with van der Waals surface area (Å²) in [5.41, 5.74) is 3.10. The molecule has 1 aromatic heterocycles. The van der Waals surface area contributed by atoms with E-state index < -0.39 is 18.3 Å². The highest BCUT2D eigenvalue weighted by atomic mass is 16.5. The number of likely N-dealkylation sites (N-methyl/N-ethyl adjacent to an activating group) is 1. The molecule has 0 saturated heterocycles. The fraction of sp³-hybridized carbons (Fsp3) is 0.125. The maximum Gasteiger partial charge on any atom is 0.420 e. The number of carboxylic acid groups (broad SMARTS) is 1. The third kappa shape index (κ3) is 4.39. The molecule has 0 saturated carbocycles. The van der Waals surface area contributed by atoms with Crippen molar-refractivity contribution in [3.63, 3.8) is 0 Å². The Labute approximate surface area is 182 Å². The number of rotatable bonds is 7. The molecule has 0 fully saturated rings. The van der Waals surface area contributed by atoms with Gasteiger partial charge in [0.2, 0.25) is 5.91 Å². The monoisotopic (exact) mass is 432 g/mol. The van der Waals surface area contributed by atoms with Gasteiger partial charge in [0.05, 0.1) is 5.52 Å². The van der Waals surface area contributed by atoms with Crippen molar-refractivity contribution >= 4 is 28.7 Å². The Balaban J connectivity index is 1.64. The summed E-state index contributed by atoms with van der Waals surface area (Å²) in [6, 6.07) is 21.3. The number of aromatic nitrogens is 1. The van der Waals surface area contributed by atoms with E-state index in [0.717, 1.165) is 16.8 Å². The van der Waals surface area contributed by atoms with Gasteiger partial charge >= 0.3 is 11.7 Å². The zero-order valence-electron chi connectivity index (χ0n) is 17.2. The minimum atomic E-state index is -1.07. The van der Waals surface area contributed by atoms with E-state index in [1.54, 1.807) is 43.4 Å². The van der Waals surface area contributed by atoms with Gasteiger partial charge in [0.25, 0.3) is 0 Å². The molecule has 8 heteroatoms. The van der Waals surface area contributed by atoms with Crippen LogP contribution in [-0.4, -0.2) is 35.2 Å². The van der Waals surface area contributed by atoms with Crippen molar-refractivity contribution in [1.82, 2.24) is 4.57 Å². The van der Waals surface area contributed by atoms with Crippen LogP contribution in [0.25, 0.3) is 22.2 Å². The Kier molecular flexibility index (Phi) is 5.76. The minimum absolute atomic E-state index is 0.178. The Morgan fingerprint density at radius 3 is 2.50 bits per heavy atom. The Morgan fingerprint density at radius 2 is 1.75 bits per heavy atom. The molecule has 0 aliphatic heterocycles. The van der Waals surface area contributed by atoms with Gasteiger partial charge in [-0.15, -0.1) is 0 Å². The number of para-hydroxylation sites is 1. The van der Waals surface area contributed by atoms with Crippen LogP contribution in [0.5, 0.6) is 5.75 Å². The van der Waals surface area contributed by atoms with Crippen molar-refractivity contribution in [1.29, 1.82) is 0 Å². The maximum atomic E-state index is 12.8. The molecular weight excluding hydrogens is 412 g/mol. The van der Waals surface area contributed by atoms with Crippen LogP contribution in [0.1, 0.15) is 0 Å². The minimum Gasteiger partial charge on any atom is -0.482 e. The van der Waals surface area contributed by atoms with Gasteiger partial charge in [0.15, 0.2) is 12.2 Å². The highest BCUT2D eigenvalue weighted by Gasteiger charge is 2.17. The maximum absolute atomic E-state index is 12.8. The lowest BCUT2D eigenvalue weighted by molar-refractivity contribution is -0.139. The third-order valence-corrected chi connectivity index (χ3v) is 5.01. The first kappa shape index (κ1) is 20.9. The van der Waals surface area contributed by atoms with Crippen molar-refractivity contribution < 1.29 is 23.8 Å². The lowest BCUT2D eigenvalue weighted by atomic mass is 10.0. The molecule has 0 unspecified atom stereocenters. The summed E-state index contributed by atoms with van der Waals surface area (Å²) in [6.45, 7) is -0.622. The van der Waals surface area contributed by atoms with Gasteiger partial charge in [-0.1, -0.05) is 36.4 Å². The van der Waals surface area contributed by atoms with Crippen LogP contribution in [-0.2, 0) is 16.1 Å². The molecule has 3 aromatic carbocycles. The van der Waals surface area contributed by atoms with E-state index in [1.807, 2.05) is 36.4 Å². The van der Waals surface area contributed by atoms with Crippen molar-refractivity contribution in [2.75, 3.05) is 18.6 Å². The predicted octanol–water partition coefficient (Wildman–Crippen LogP) is 3.39. The highest BCUT2D eigenvalue weighted by Crippen LogP contribution is 2.27. The summed E-state index contributed by atoms with van der Waals surface area (Å²) in [5, 5.41) is 8.80. The standard InChI is InChI=1S/C24H20N2O6/c1-25(18-7-3-2-4-8-18)22(27)14-26-20-13-17(10-11-21(20)32-24(26)30)16-6-5-9-19(12-16)31-15-23(28)29/h2-13H,14-15H2,1H3,(H,28,29). The molecule has 1 amide bonds. The van der Waals surface area contributed by atoms with Crippen LogP contribution in [0.2, 0.25) is 0 Å². The van der Waals surface area contributed by atoms with E-state index in [0.29, 0.717) is 16.8 Å². The number of hydrogen-bond acceptors (Lipinski definition) is 5. The molecule has 0 aliphatic rings. The molecule has 0 radical (unpaired) electrons. The Morgan fingerprint density at radius 1 is 1.00 bits per heavy atom. The SMILES string of the molecule is CN(C(=O)Cn1c(=O)oc2ccc(-c3cccc(OCC(=O)O)c3)cc21)c1ccccc1. The third-order valence-electron chi connectivity index (χ3n) is 5.01. The molecular formula is C24H20N2O6. The first-order valence-electron chi connectivity index (χ1n) is 9.82. The molecule has 8 nitrogen and oxygen atoms in total. The molecule has 0 aliphatic carbocycles. The topological polar surface area (TPSA) is 102 Å². The van der Waals surface area contributed by atoms with Gasteiger partial charge in [0, 0.05) is 12.7 Å². The zero-order chi connectivity index (χ0) is 22.7. The highest BCUT2D eigenvalue weighted by molar-refractivity contribution is 5.93. The number of carbonyl (C=O) groups excluding carboxylic acids is 1. The fourth-order valence-corrected chi connectivity index (χ4v) is 3.34. The van der Waals surface area contributed by atoms with Crippen LogP contribution < -0.4 is 15.4 Å². The van der Waals surface area contributed by atoms with Crippen molar-refractivity contribution in [2.24, 2.45) is 0 Å². The van der Waals surface area contributed by atoms with Gasteiger partial charge in [-0.25, -0.2) is 9.59 Å². The van der Waals surface area contributed by atoms with E-state index in [4.69, 9.17) is 14.3 Å². The van der Waals surface area contributed by atoms with Crippen molar-refractivity contribution in [2.45, 2.75) is 6.54 Å². The molecule has 1 heterocycles. The number of aliphatic carboxylic acids is 1. The second kappa shape index (κ2) is 8.81. The van der Waals surface area contributed by atoms with Gasteiger partial charge in [-0.05, 0) is 47.5 Å². The van der Waals surface area contributed by atoms with Crippen molar-refractivity contribution in [3.8, 4) is 16.9 Å². The number of carbonyl (C=O) groups is 2. The van der Waals surface area contributed by atoms with Crippen LogP contribution in [0, 0.1) is 0 Å². The average molecular weight is 432 g/mol. The van der Waals surface area contributed by atoms with Gasteiger partial charge in [-0.3, -0.25) is 9.36 Å². The number of nitrogens with zero attached hydrogens (tertiary/aromatic N) is 2. The first-order valence-corrected chi connectivity index (χ1v) is 9.82. The largest absolute Gasteiger partial charge is 0.482 e. The summed E-state index contributed by atoms with van der Waals surface area (Å²) < 4.78 is 11.9. The number of anilines is 1. The van der Waals surface area contributed by atoms with Crippen LogP contribution >= 0.6 is 0 Å². The zero-order valence-corrected chi connectivity index (χ0v) is 17.2. The molecule has 162 valence electrons. The fourth-order valence-electron chi connectivity index (χ4n) is 3.34. The van der Waals surface area contributed by atoms with Crippen LogP contribution in [0.3, 0.4) is 0 Å². The number of hydrogen-bond donors (Lipinski definition) is 1. The predicted molar refractivity (Wildman–Crippen MR) is 119 cm³/mol. The number of benzene rings is 3. The average Bonchev–Trinajstić information content (AvgIpc) is 3.12. The molecule has 0 atom stereocenters. The molecule has 4 aromatic rings. The lowest BCUT2D eigenvalue weighted by Crippen LogP contribution is -2.32. The number of amides is 1.